The lowest BCUT2D eigenvalue weighted by molar-refractivity contribution is 0.311. The second kappa shape index (κ2) is 2.33. The van der Waals surface area contributed by atoms with Gasteiger partial charge in [0.15, 0.2) is 0 Å². The van der Waals surface area contributed by atoms with Crippen LogP contribution in [0.4, 0.5) is 0 Å². The fourth-order valence-electron chi connectivity index (χ4n) is 3.02. The Labute approximate surface area is 85.1 Å². The third kappa shape index (κ3) is 0.765. The SMILES string of the molecule is Cc1ccc2c(c1)OCC21C(C)C1C. The standard InChI is InChI=1S/C13H16O/c1-8-4-5-11-12(6-8)14-7-13(11)9(2)10(13)3/h4-6,9-10H,7H2,1-3H3. The highest BCUT2D eigenvalue weighted by Crippen LogP contribution is 2.64. The minimum Gasteiger partial charge on any atom is -0.492 e. The molecule has 1 spiro atoms. The van der Waals surface area contributed by atoms with Gasteiger partial charge in [0.05, 0.1) is 6.61 Å². The summed E-state index contributed by atoms with van der Waals surface area (Å²) in [4.78, 5) is 0. The molecule has 2 aliphatic rings. The first-order valence-corrected chi connectivity index (χ1v) is 5.40. The van der Waals surface area contributed by atoms with Crippen LogP contribution in [0.25, 0.3) is 0 Å². The molecular formula is C13H16O. The van der Waals surface area contributed by atoms with E-state index in [1.165, 1.54) is 11.1 Å². The fourth-order valence-corrected chi connectivity index (χ4v) is 3.02. The average Bonchev–Trinajstić information content (AvgIpc) is 2.60. The Bertz CT molecular complexity index is 386. The van der Waals surface area contributed by atoms with Crippen molar-refractivity contribution in [2.24, 2.45) is 11.8 Å². The first-order chi connectivity index (χ1) is 6.66. The molecule has 14 heavy (non-hydrogen) atoms. The minimum atomic E-state index is 0.364. The average molecular weight is 188 g/mol. The highest BCUT2D eigenvalue weighted by molar-refractivity contribution is 5.51. The summed E-state index contributed by atoms with van der Waals surface area (Å²) in [5.41, 5.74) is 3.10. The van der Waals surface area contributed by atoms with Gasteiger partial charge in [-0.05, 0) is 30.4 Å². The summed E-state index contributed by atoms with van der Waals surface area (Å²) < 4.78 is 5.80. The van der Waals surface area contributed by atoms with Gasteiger partial charge in [-0.25, -0.2) is 0 Å². The van der Waals surface area contributed by atoms with Gasteiger partial charge in [0.1, 0.15) is 5.75 Å². The summed E-state index contributed by atoms with van der Waals surface area (Å²) in [6.07, 6.45) is 0. The van der Waals surface area contributed by atoms with E-state index in [0.29, 0.717) is 5.41 Å². The zero-order valence-corrected chi connectivity index (χ0v) is 9.00. The number of rotatable bonds is 0. The van der Waals surface area contributed by atoms with Crippen molar-refractivity contribution in [3.8, 4) is 5.75 Å². The first-order valence-electron chi connectivity index (χ1n) is 5.40. The molecule has 1 fully saturated rings. The molecule has 0 aromatic heterocycles. The molecule has 74 valence electrons. The van der Waals surface area contributed by atoms with E-state index >= 15 is 0 Å². The highest BCUT2D eigenvalue weighted by Gasteiger charge is 2.64. The van der Waals surface area contributed by atoms with E-state index in [4.69, 9.17) is 4.74 Å². The smallest absolute Gasteiger partial charge is 0.123 e. The molecule has 1 aliphatic carbocycles. The van der Waals surface area contributed by atoms with Crippen LogP contribution in [-0.4, -0.2) is 6.61 Å². The van der Waals surface area contributed by atoms with Crippen LogP contribution < -0.4 is 4.74 Å². The molecule has 0 amide bonds. The molecule has 1 aliphatic heterocycles. The number of fused-ring (bicyclic) bond motifs is 2. The van der Waals surface area contributed by atoms with Crippen LogP contribution >= 0.6 is 0 Å². The van der Waals surface area contributed by atoms with Crippen molar-refractivity contribution in [3.05, 3.63) is 29.3 Å². The number of ether oxygens (including phenoxy) is 1. The van der Waals surface area contributed by atoms with E-state index in [-0.39, 0.29) is 0 Å². The molecule has 1 nitrogen and oxygen atoms in total. The summed E-state index contributed by atoms with van der Waals surface area (Å²) in [7, 11) is 0. The van der Waals surface area contributed by atoms with E-state index in [0.717, 1.165) is 24.2 Å². The van der Waals surface area contributed by atoms with Crippen molar-refractivity contribution in [2.45, 2.75) is 26.2 Å². The molecular weight excluding hydrogens is 172 g/mol. The lowest BCUT2D eigenvalue weighted by Gasteiger charge is -2.06. The van der Waals surface area contributed by atoms with Crippen molar-refractivity contribution >= 4 is 0 Å². The maximum Gasteiger partial charge on any atom is 0.123 e. The largest absolute Gasteiger partial charge is 0.492 e. The number of aryl methyl sites for hydroxylation is 1. The van der Waals surface area contributed by atoms with E-state index in [1.807, 2.05) is 0 Å². The second-order valence-electron chi connectivity index (χ2n) is 4.91. The van der Waals surface area contributed by atoms with Gasteiger partial charge < -0.3 is 4.74 Å². The molecule has 2 unspecified atom stereocenters. The maximum absolute atomic E-state index is 5.80. The Morgan fingerprint density at radius 3 is 2.64 bits per heavy atom. The van der Waals surface area contributed by atoms with Gasteiger partial charge in [-0.3, -0.25) is 0 Å². The number of hydrogen-bond donors (Lipinski definition) is 0. The lowest BCUT2D eigenvalue weighted by Crippen LogP contribution is -2.12. The van der Waals surface area contributed by atoms with Crippen molar-refractivity contribution in [1.29, 1.82) is 0 Å². The molecule has 1 aromatic carbocycles. The predicted octanol–water partition coefficient (Wildman–Crippen LogP) is 2.91. The van der Waals surface area contributed by atoms with Gasteiger partial charge in [0.2, 0.25) is 0 Å². The van der Waals surface area contributed by atoms with Gasteiger partial charge >= 0.3 is 0 Å². The lowest BCUT2D eigenvalue weighted by atomic mass is 9.93. The molecule has 0 N–H and O–H groups in total. The Balaban J connectivity index is 2.12. The maximum atomic E-state index is 5.80. The first kappa shape index (κ1) is 8.34. The Kier molecular flexibility index (Phi) is 1.39. The van der Waals surface area contributed by atoms with Gasteiger partial charge in [-0.2, -0.15) is 0 Å². The Hall–Kier alpha value is -0.980. The highest BCUT2D eigenvalue weighted by atomic mass is 16.5. The van der Waals surface area contributed by atoms with Crippen LogP contribution in [0.2, 0.25) is 0 Å². The second-order valence-corrected chi connectivity index (χ2v) is 4.91. The molecule has 1 saturated carbocycles. The van der Waals surface area contributed by atoms with Crippen molar-refractivity contribution in [1.82, 2.24) is 0 Å². The number of hydrogen-bond acceptors (Lipinski definition) is 1. The fraction of sp³-hybridized carbons (Fsp3) is 0.538. The summed E-state index contributed by atoms with van der Waals surface area (Å²) in [6, 6.07) is 6.63. The third-order valence-corrected chi connectivity index (χ3v) is 4.37. The quantitative estimate of drug-likeness (QED) is 0.608. The van der Waals surface area contributed by atoms with Crippen molar-refractivity contribution in [2.75, 3.05) is 6.61 Å². The summed E-state index contributed by atoms with van der Waals surface area (Å²) in [5.74, 6) is 2.69. The molecule has 2 atom stereocenters. The molecule has 1 aromatic rings. The Morgan fingerprint density at radius 1 is 1.29 bits per heavy atom. The molecule has 1 heterocycles. The van der Waals surface area contributed by atoms with E-state index in [2.05, 4.69) is 39.0 Å². The van der Waals surface area contributed by atoms with E-state index < -0.39 is 0 Å². The zero-order chi connectivity index (χ0) is 9.92. The van der Waals surface area contributed by atoms with Crippen LogP contribution in [0.15, 0.2) is 18.2 Å². The van der Waals surface area contributed by atoms with Crippen LogP contribution in [0, 0.1) is 18.8 Å². The van der Waals surface area contributed by atoms with Crippen molar-refractivity contribution in [3.63, 3.8) is 0 Å². The van der Waals surface area contributed by atoms with Crippen LogP contribution in [0.3, 0.4) is 0 Å². The summed E-state index contributed by atoms with van der Waals surface area (Å²) >= 11 is 0. The van der Waals surface area contributed by atoms with E-state index in [9.17, 15) is 0 Å². The minimum absolute atomic E-state index is 0.364. The topological polar surface area (TPSA) is 9.23 Å². The molecule has 1 heteroatoms. The van der Waals surface area contributed by atoms with Crippen LogP contribution in [0.5, 0.6) is 5.75 Å². The zero-order valence-electron chi connectivity index (χ0n) is 9.00. The van der Waals surface area contributed by atoms with E-state index in [1.54, 1.807) is 0 Å². The van der Waals surface area contributed by atoms with Crippen molar-refractivity contribution < 1.29 is 4.74 Å². The molecule has 3 rings (SSSR count). The molecule has 0 radical (unpaired) electrons. The van der Waals surface area contributed by atoms with Gasteiger partial charge in [-0.1, -0.05) is 26.0 Å². The summed E-state index contributed by atoms with van der Waals surface area (Å²) in [6.45, 7) is 7.69. The van der Waals surface area contributed by atoms with Gasteiger partial charge in [0, 0.05) is 11.0 Å². The normalized spacial score (nSPS) is 38.2. The monoisotopic (exact) mass is 188 g/mol. The molecule has 0 saturated heterocycles. The predicted molar refractivity (Wildman–Crippen MR) is 56.7 cm³/mol. The number of benzene rings is 1. The molecule has 0 bridgehead atoms. The Morgan fingerprint density at radius 2 is 2.00 bits per heavy atom. The summed E-state index contributed by atoms with van der Waals surface area (Å²) in [5, 5.41) is 0. The third-order valence-electron chi connectivity index (χ3n) is 4.37. The van der Waals surface area contributed by atoms with Gasteiger partial charge in [0.25, 0.3) is 0 Å². The van der Waals surface area contributed by atoms with Crippen LogP contribution in [-0.2, 0) is 5.41 Å². The van der Waals surface area contributed by atoms with Crippen LogP contribution in [0.1, 0.15) is 25.0 Å². The van der Waals surface area contributed by atoms with Gasteiger partial charge in [-0.15, -0.1) is 0 Å².